The molecule has 0 saturated carbocycles. The van der Waals surface area contributed by atoms with E-state index in [0.717, 1.165) is 5.56 Å². The number of carbonyl (C=O) groups is 2. The first-order valence-electron chi connectivity index (χ1n) is 6.22. The van der Waals surface area contributed by atoms with E-state index in [1.807, 2.05) is 0 Å². The van der Waals surface area contributed by atoms with Gasteiger partial charge in [0.1, 0.15) is 0 Å². The van der Waals surface area contributed by atoms with Crippen LogP contribution < -0.4 is 16.0 Å². The van der Waals surface area contributed by atoms with E-state index in [1.165, 1.54) is 0 Å². The summed E-state index contributed by atoms with van der Waals surface area (Å²) in [7, 11) is 1.60. The highest BCUT2D eigenvalue weighted by Crippen LogP contribution is 2.32. The number of nitrogens with one attached hydrogen (secondary N) is 3. The van der Waals surface area contributed by atoms with Gasteiger partial charge in [0.15, 0.2) is 0 Å². The zero-order valence-corrected chi connectivity index (χ0v) is 11.8. The lowest BCUT2D eigenvalue weighted by Crippen LogP contribution is -2.30. The molecule has 0 aromatic heterocycles. The second kappa shape index (κ2) is 6.69. The maximum Gasteiger partial charge on any atom is 0.238 e. The first-order chi connectivity index (χ1) is 9.60. The maximum atomic E-state index is 11.7. The average Bonchev–Trinajstić information content (AvgIpc) is 2.74. The van der Waals surface area contributed by atoms with E-state index in [-0.39, 0.29) is 18.4 Å². The highest BCUT2D eigenvalue weighted by Gasteiger charge is 2.20. The molecule has 0 radical (unpaired) electrons. The van der Waals surface area contributed by atoms with E-state index in [0.29, 0.717) is 36.0 Å². The number of rotatable bonds is 6. The Morgan fingerprint density at radius 1 is 1.50 bits per heavy atom. The Kier molecular flexibility index (Phi) is 4.94. The molecule has 1 aliphatic rings. The molecule has 1 aliphatic heterocycles. The van der Waals surface area contributed by atoms with Gasteiger partial charge in [0.25, 0.3) is 0 Å². The fourth-order valence-electron chi connectivity index (χ4n) is 1.91. The molecule has 3 N–H and O–H groups in total. The third kappa shape index (κ3) is 3.69. The van der Waals surface area contributed by atoms with Gasteiger partial charge < -0.3 is 20.7 Å². The van der Waals surface area contributed by atoms with Gasteiger partial charge in [0.05, 0.1) is 30.3 Å². The molecule has 0 bridgehead atoms. The van der Waals surface area contributed by atoms with Crippen molar-refractivity contribution in [1.29, 1.82) is 0 Å². The van der Waals surface area contributed by atoms with Gasteiger partial charge in [0, 0.05) is 19.3 Å². The number of hydrogen-bond donors (Lipinski definition) is 3. The summed E-state index contributed by atoms with van der Waals surface area (Å²) in [5.74, 6) is -0.263. The van der Waals surface area contributed by atoms with Crippen LogP contribution in [0.5, 0.6) is 0 Å². The fraction of sp³-hybridized carbons (Fsp3) is 0.385. The van der Waals surface area contributed by atoms with Crippen LogP contribution in [0.25, 0.3) is 0 Å². The molecule has 2 amide bonds. The minimum atomic E-state index is -0.194. The van der Waals surface area contributed by atoms with Crippen molar-refractivity contribution in [2.75, 3.05) is 37.4 Å². The van der Waals surface area contributed by atoms with Crippen LogP contribution in [-0.4, -0.2) is 38.6 Å². The predicted molar refractivity (Wildman–Crippen MR) is 77.2 cm³/mol. The van der Waals surface area contributed by atoms with Crippen LogP contribution >= 0.6 is 11.6 Å². The Morgan fingerprint density at radius 3 is 3.05 bits per heavy atom. The quantitative estimate of drug-likeness (QED) is 0.685. The van der Waals surface area contributed by atoms with E-state index in [2.05, 4.69) is 16.0 Å². The molecule has 108 valence electrons. The van der Waals surface area contributed by atoms with E-state index in [4.69, 9.17) is 16.3 Å². The Bertz CT molecular complexity index is 534. The van der Waals surface area contributed by atoms with Crippen molar-refractivity contribution in [3.63, 3.8) is 0 Å². The Hall–Kier alpha value is -1.63. The normalized spacial score (nSPS) is 13.0. The summed E-state index contributed by atoms with van der Waals surface area (Å²) in [6.45, 7) is 1.31. The van der Waals surface area contributed by atoms with Crippen LogP contribution in [0.2, 0.25) is 5.02 Å². The van der Waals surface area contributed by atoms with Gasteiger partial charge in [-0.1, -0.05) is 11.6 Å². The SMILES string of the molecule is COCCNCC(=O)Nc1cc2c(cc1Cl)NC(=O)C2. The second-order valence-corrected chi connectivity index (χ2v) is 4.84. The van der Waals surface area contributed by atoms with Crippen molar-refractivity contribution >= 4 is 34.8 Å². The number of ether oxygens (including phenoxy) is 1. The van der Waals surface area contributed by atoms with Crippen LogP contribution in [-0.2, 0) is 20.7 Å². The molecule has 2 rings (SSSR count). The number of fused-ring (bicyclic) bond motifs is 1. The molecule has 1 aromatic rings. The smallest absolute Gasteiger partial charge is 0.238 e. The molecule has 0 aliphatic carbocycles. The van der Waals surface area contributed by atoms with Gasteiger partial charge in [-0.2, -0.15) is 0 Å². The zero-order valence-electron chi connectivity index (χ0n) is 11.1. The Labute approximate surface area is 121 Å². The van der Waals surface area contributed by atoms with Crippen LogP contribution in [0.1, 0.15) is 5.56 Å². The second-order valence-electron chi connectivity index (χ2n) is 4.43. The molecule has 1 aromatic carbocycles. The van der Waals surface area contributed by atoms with Crippen molar-refractivity contribution in [2.45, 2.75) is 6.42 Å². The Morgan fingerprint density at radius 2 is 2.30 bits per heavy atom. The molecule has 0 spiro atoms. The van der Waals surface area contributed by atoms with Gasteiger partial charge in [-0.25, -0.2) is 0 Å². The highest BCUT2D eigenvalue weighted by atomic mass is 35.5. The zero-order chi connectivity index (χ0) is 14.5. The summed E-state index contributed by atoms with van der Waals surface area (Å²) in [5.41, 5.74) is 2.05. The van der Waals surface area contributed by atoms with Gasteiger partial charge in [-0.15, -0.1) is 0 Å². The highest BCUT2D eigenvalue weighted by molar-refractivity contribution is 6.34. The number of hydrogen-bond acceptors (Lipinski definition) is 4. The fourth-order valence-corrected chi connectivity index (χ4v) is 2.13. The molecule has 1 heterocycles. The van der Waals surface area contributed by atoms with Crippen LogP contribution in [0.3, 0.4) is 0 Å². The molecule has 20 heavy (non-hydrogen) atoms. The van der Waals surface area contributed by atoms with E-state index >= 15 is 0 Å². The van der Waals surface area contributed by atoms with Gasteiger partial charge >= 0.3 is 0 Å². The molecule has 7 heteroatoms. The topological polar surface area (TPSA) is 79.5 Å². The number of methoxy groups -OCH3 is 1. The lowest BCUT2D eigenvalue weighted by Gasteiger charge is -2.10. The predicted octanol–water partition coefficient (Wildman–Crippen LogP) is 1.01. The van der Waals surface area contributed by atoms with Crippen molar-refractivity contribution in [3.8, 4) is 0 Å². The van der Waals surface area contributed by atoms with Crippen LogP contribution in [0, 0.1) is 0 Å². The standard InChI is InChI=1S/C13H16ClN3O3/c1-20-3-2-15-7-13(19)17-11-4-8-5-12(18)16-10(8)6-9(11)14/h4,6,15H,2-3,5,7H2,1H3,(H,16,18)(H,17,19). The van der Waals surface area contributed by atoms with E-state index in [1.54, 1.807) is 19.2 Å². The third-order valence-corrected chi connectivity index (χ3v) is 3.17. The summed E-state index contributed by atoms with van der Waals surface area (Å²) >= 11 is 6.08. The summed E-state index contributed by atoms with van der Waals surface area (Å²) in [5, 5.41) is 8.76. The summed E-state index contributed by atoms with van der Waals surface area (Å²) < 4.78 is 4.87. The van der Waals surface area contributed by atoms with Gasteiger partial charge in [0.2, 0.25) is 11.8 Å². The monoisotopic (exact) mass is 297 g/mol. The molecule has 0 atom stereocenters. The number of benzene rings is 1. The lowest BCUT2D eigenvalue weighted by molar-refractivity contribution is -0.116. The van der Waals surface area contributed by atoms with Crippen molar-refractivity contribution < 1.29 is 14.3 Å². The maximum absolute atomic E-state index is 11.7. The van der Waals surface area contributed by atoms with Gasteiger partial charge in [-0.3, -0.25) is 9.59 Å². The summed E-state index contributed by atoms with van der Waals surface area (Å²) in [6.07, 6.45) is 0.307. The minimum Gasteiger partial charge on any atom is -0.383 e. The molecular formula is C13H16ClN3O3. The molecule has 0 saturated heterocycles. The average molecular weight is 298 g/mol. The van der Waals surface area contributed by atoms with E-state index < -0.39 is 0 Å². The van der Waals surface area contributed by atoms with E-state index in [9.17, 15) is 9.59 Å². The summed E-state index contributed by atoms with van der Waals surface area (Å²) in [6, 6.07) is 3.37. The number of anilines is 2. The first-order valence-corrected chi connectivity index (χ1v) is 6.59. The molecule has 0 unspecified atom stereocenters. The van der Waals surface area contributed by atoms with Crippen molar-refractivity contribution in [2.24, 2.45) is 0 Å². The first kappa shape index (κ1) is 14.8. The third-order valence-electron chi connectivity index (χ3n) is 2.86. The van der Waals surface area contributed by atoms with Gasteiger partial charge in [-0.05, 0) is 17.7 Å². The van der Waals surface area contributed by atoms with Crippen molar-refractivity contribution in [3.05, 3.63) is 22.7 Å². The molecule has 6 nitrogen and oxygen atoms in total. The Balaban J connectivity index is 1.94. The number of carbonyl (C=O) groups excluding carboxylic acids is 2. The van der Waals surface area contributed by atoms with Crippen LogP contribution in [0.4, 0.5) is 11.4 Å². The van der Waals surface area contributed by atoms with Crippen LogP contribution in [0.15, 0.2) is 12.1 Å². The molecular weight excluding hydrogens is 282 g/mol. The molecule has 0 fully saturated rings. The number of halogens is 1. The largest absolute Gasteiger partial charge is 0.383 e. The summed E-state index contributed by atoms with van der Waals surface area (Å²) in [4.78, 5) is 23.0. The number of amides is 2. The lowest BCUT2D eigenvalue weighted by atomic mass is 10.1. The minimum absolute atomic E-state index is 0.0687. The van der Waals surface area contributed by atoms with Crippen molar-refractivity contribution in [1.82, 2.24) is 5.32 Å².